The van der Waals surface area contributed by atoms with Crippen LogP contribution in [0.5, 0.6) is 5.75 Å². The first-order valence-corrected chi connectivity index (χ1v) is 9.92. The van der Waals surface area contributed by atoms with Gasteiger partial charge >= 0.3 is 6.03 Å². The van der Waals surface area contributed by atoms with Crippen LogP contribution >= 0.6 is 0 Å². The molecule has 0 spiro atoms. The van der Waals surface area contributed by atoms with Crippen LogP contribution < -0.4 is 15.6 Å². The van der Waals surface area contributed by atoms with E-state index in [0.717, 1.165) is 10.9 Å². The molecular formula is C24H21FN4O3. The number of pyridine rings is 2. The summed E-state index contributed by atoms with van der Waals surface area (Å²) < 4.78 is 18.4. The first-order valence-electron chi connectivity index (χ1n) is 9.92. The lowest BCUT2D eigenvalue weighted by atomic mass is 10.1. The number of urea groups is 1. The predicted octanol–water partition coefficient (Wildman–Crippen LogP) is 4.31. The van der Waals surface area contributed by atoms with Gasteiger partial charge in [0.05, 0.1) is 19.2 Å². The van der Waals surface area contributed by atoms with Crippen LogP contribution in [0.15, 0.2) is 77.9 Å². The maximum atomic E-state index is 13.2. The molecule has 2 aromatic heterocycles. The molecule has 0 fully saturated rings. The van der Waals surface area contributed by atoms with E-state index in [4.69, 9.17) is 4.74 Å². The summed E-state index contributed by atoms with van der Waals surface area (Å²) in [6, 6.07) is 15.9. The topological polar surface area (TPSA) is 87.3 Å². The Morgan fingerprint density at radius 2 is 1.94 bits per heavy atom. The number of aromatic amines is 1. The highest BCUT2D eigenvalue weighted by Gasteiger charge is 2.17. The molecule has 0 saturated heterocycles. The largest absolute Gasteiger partial charge is 0.497 e. The number of carbonyl (C=O) groups excluding carboxylic acids is 1. The number of anilines is 1. The second-order valence-electron chi connectivity index (χ2n) is 7.23. The minimum absolute atomic E-state index is 0.0687. The van der Waals surface area contributed by atoms with E-state index < -0.39 is 11.8 Å². The molecule has 0 saturated carbocycles. The SMILES string of the molecule is COc1ccc2cc(CN(Cc3cccnc3)C(=O)Nc3ccc(F)cc3)c(=O)[nH]c2c1. The Morgan fingerprint density at radius 3 is 2.66 bits per heavy atom. The van der Waals surface area contributed by atoms with Crippen molar-refractivity contribution in [2.24, 2.45) is 0 Å². The van der Waals surface area contributed by atoms with Gasteiger partial charge in [0, 0.05) is 36.3 Å². The van der Waals surface area contributed by atoms with Crippen LogP contribution in [0.2, 0.25) is 0 Å². The number of hydrogen-bond donors (Lipinski definition) is 2. The number of rotatable bonds is 6. The second-order valence-corrected chi connectivity index (χ2v) is 7.23. The van der Waals surface area contributed by atoms with Crippen molar-refractivity contribution < 1.29 is 13.9 Å². The molecule has 0 aliphatic carbocycles. The lowest BCUT2D eigenvalue weighted by molar-refractivity contribution is 0.206. The maximum Gasteiger partial charge on any atom is 0.322 e. The number of carbonyl (C=O) groups is 1. The third-order valence-electron chi connectivity index (χ3n) is 4.97. The van der Waals surface area contributed by atoms with Gasteiger partial charge in [0.1, 0.15) is 11.6 Å². The van der Waals surface area contributed by atoms with Gasteiger partial charge in [-0.1, -0.05) is 6.07 Å². The van der Waals surface area contributed by atoms with Crippen LogP contribution in [0.25, 0.3) is 10.9 Å². The van der Waals surface area contributed by atoms with Crippen molar-refractivity contribution in [1.29, 1.82) is 0 Å². The molecule has 4 rings (SSSR count). The molecule has 2 heterocycles. The molecule has 4 aromatic rings. The van der Waals surface area contributed by atoms with Gasteiger partial charge in [-0.2, -0.15) is 0 Å². The summed E-state index contributed by atoms with van der Waals surface area (Å²) in [7, 11) is 1.56. The van der Waals surface area contributed by atoms with E-state index in [9.17, 15) is 14.0 Å². The lowest BCUT2D eigenvalue weighted by Gasteiger charge is -2.23. The van der Waals surface area contributed by atoms with E-state index in [0.29, 0.717) is 22.5 Å². The van der Waals surface area contributed by atoms with Crippen molar-refractivity contribution in [3.05, 3.63) is 100 Å². The zero-order chi connectivity index (χ0) is 22.5. The van der Waals surface area contributed by atoms with Crippen molar-refractivity contribution in [2.45, 2.75) is 13.1 Å². The van der Waals surface area contributed by atoms with Crippen LogP contribution in [0.4, 0.5) is 14.9 Å². The second kappa shape index (κ2) is 9.30. The Hall–Kier alpha value is -4.20. The minimum atomic E-state index is -0.422. The highest BCUT2D eigenvalue weighted by atomic mass is 19.1. The maximum absolute atomic E-state index is 13.2. The van der Waals surface area contributed by atoms with Gasteiger partial charge in [-0.05, 0) is 59.5 Å². The van der Waals surface area contributed by atoms with Crippen LogP contribution in [-0.2, 0) is 13.1 Å². The van der Waals surface area contributed by atoms with Gasteiger partial charge in [0.15, 0.2) is 0 Å². The van der Waals surface area contributed by atoms with Gasteiger partial charge in [-0.25, -0.2) is 9.18 Å². The standard InChI is InChI=1S/C24H21FN4O3/c1-32-21-9-4-17-11-18(23(30)28-22(17)12-21)15-29(14-16-3-2-10-26-13-16)24(31)27-20-7-5-19(25)6-8-20/h2-13H,14-15H2,1H3,(H,27,31)(H,28,30). The summed E-state index contributed by atoms with van der Waals surface area (Å²) in [4.78, 5) is 34.2. The number of H-pyrrole nitrogens is 1. The molecule has 0 radical (unpaired) electrons. The Kier molecular flexibility index (Phi) is 6.12. The molecule has 0 unspecified atom stereocenters. The Labute approximate surface area is 183 Å². The van der Waals surface area contributed by atoms with Crippen LogP contribution in [0.3, 0.4) is 0 Å². The summed E-state index contributed by atoms with van der Waals surface area (Å²) in [6.45, 7) is 0.306. The minimum Gasteiger partial charge on any atom is -0.497 e. The van der Waals surface area contributed by atoms with E-state index in [-0.39, 0.29) is 18.6 Å². The van der Waals surface area contributed by atoms with E-state index in [2.05, 4.69) is 15.3 Å². The van der Waals surface area contributed by atoms with Gasteiger partial charge in [-0.3, -0.25) is 9.78 Å². The summed E-state index contributed by atoms with van der Waals surface area (Å²) in [5, 5.41) is 3.57. The fraction of sp³-hybridized carbons (Fsp3) is 0.125. The fourth-order valence-electron chi connectivity index (χ4n) is 3.32. The molecule has 0 bridgehead atoms. The fourth-order valence-corrected chi connectivity index (χ4v) is 3.32. The van der Waals surface area contributed by atoms with Crippen molar-refractivity contribution >= 4 is 22.6 Å². The van der Waals surface area contributed by atoms with Gasteiger partial charge < -0.3 is 19.9 Å². The Bertz CT molecular complexity index is 1290. The zero-order valence-corrected chi connectivity index (χ0v) is 17.3. The summed E-state index contributed by atoms with van der Waals surface area (Å²) in [6.07, 6.45) is 3.31. The molecule has 162 valence electrons. The number of nitrogens with zero attached hydrogens (tertiary/aromatic N) is 2. The van der Waals surface area contributed by atoms with Crippen molar-refractivity contribution in [1.82, 2.24) is 14.9 Å². The van der Waals surface area contributed by atoms with Crippen LogP contribution in [0, 0.1) is 5.82 Å². The molecule has 32 heavy (non-hydrogen) atoms. The number of hydrogen-bond acceptors (Lipinski definition) is 4. The van der Waals surface area contributed by atoms with Gasteiger partial charge in [0.25, 0.3) is 5.56 Å². The highest BCUT2D eigenvalue weighted by Crippen LogP contribution is 2.20. The molecule has 2 N–H and O–H groups in total. The number of halogens is 1. The van der Waals surface area contributed by atoms with Gasteiger partial charge in [-0.15, -0.1) is 0 Å². The Balaban J connectivity index is 1.63. The normalized spacial score (nSPS) is 10.7. The predicted molar refractivity (Wildman–Crippen MR) is 120 cm³/mol. The molecule has 7 nitrogen and oxygen atoms in total. The summed E-state index contributed by atoms with van der Waals surface area (Å²) >= 11 is 0. The highest BCUT2D eigenvalue weighted by molar-refractivity contribution is 5.89. The summed E-state index contributed by atoms with van der Waals surface area (Å²) in [5.41, 5.74) is 2.04. The smallest absolute Gasteiger partial charge is 0.322 e. The van der Waals surface area contributed by atoms with E-state index >= 15 is 0 Å². The number of ether oxygens (including phenoxy) is 1. The number of aromatic nitrogens is 2. The number of methoxy groups -OCH3 is 1. The zero-order valence-electron chi connectivity index (χ0n) is 17.3. The molecule has 0 aliphatic rings. The molecular weight excluding hydrogens is 411 g/mol. The first kappa shape index (κ1) is 21.0. The third-order valence-corrected chi connectivity index (χ3v) is 4.97. The van der Waals surface area contributed by atoms with E-state index in [1.165, 1.54) is 29.2 Å². The van der Waals surface area contributed by atoms with Crippen molar-refractivity contribution in [3.8, 4) is 5.75 Å². The molecule has 8 heteroatoms. The van der Waals surface area contributed by atoms with Crippen molar-refractivity contribution in [3.63, 3.8) is 0 Å². The molecule has 2 amide bonds. The average molecular weight is 432 g/mol. The van der Waals surface area contributed by atoms with Gasteiger partial charge in [0.2, 0.25) is 0 Å². The van der Waals surface area contributed by atoms with E-state index in [1.54, 1.807) is 43.8 Å². The number of benzene rings is 2. The number of fused-ring (bicyclic) bond motifs is 1. The molecule has 2 aromatic carbocycles. The van der Waals surface area contributed by atoms with Crippen LogP contribution in [-0.4, -0.2) is 28.0 Å². The quantitative estimate of drug-likeness (QED) is 0.475. The first-order chi connectivity index (χ1) is 15.5. The third kappa shape index (κ3) is 4.92. The average Bonchev–Trinajstić information content (AvgIpc) is 2.81. The van der Waals surface area contributed by atoms with E-state index in [1.807, 2.05) is 12.1 Å². The Morgan fingerprint density at radius 1 is 1.12 bits per heavy atom. The number of nitrogens with one attached hydrogen (secondary N) is 2. The lowest BCUT2D eigenvalue weighted by Crippen LogP contribution is -2.35. The number of amides is 2. The molecule has 0 aliphatic heterocycles. The monoisotopic (exact) mass is 432 g/mol. The van der Waals surface area contributed by atoms with Crippen LogP contribution in [0.1, 0.15) is 11.1 Å². The van der Waals surface area contributed by atoms with Crippen molar-refractivity contribution in [2.75, 3.05) is 12.4 Å². The summed E-state index contributed by atoms with van der Waals surface area (Å²) in [5.74, 6) is 0.243. The molecule has 0 atom stereocenters.